The fraction of sp³-hybridized carbons (Fsp3) is 0.667. The van der Waals surface area contributed by atoms with Gasteiger partial charge in [-0.3, -0.25) is 0 Å². The number of hydrogen-bond acceptors (Lipinski definition) is 3. The van der Waals surface area contributed by atoms with Crippen LogP contribution in [0.2, 0.25) is 0 Å². The zero-order chi connectivity index (χ0) is 15.4. The molecule has 1 saturated heterocycles. The fourth-order valence-corrected chi connectivity index (χ4v) is 3.13. The van der Waals surface area contributed by atoms with Crippen molar-refractivity contribution >= 4 is 11.4 Å². The average molecular weight is 289 g/mol. The molecule has 0 aliphatic carbocycles. The molecule has 1 aromatic carbocycles. The maximum Gasteiger partial charge on any atom is 0.0411 e. The highest BCUT2D eigenvalue weighted by atomic mass is 15.2. The van der Waals surface area contributed by atoms with Gasteiger partial charge in [0.1, 0.15) is 0 Å². The molecule has 2 atom stereocenters. The second-order valence-corrected chi connectivity index (χ2v) is 6.61. The Hall–Kier alpha value is -1.22. The van der Waals surface area contributed by atoms with Gasteiger partial charge in [0.2, 0.25) is 0 Å². The molecule has 3 heteroatoms. The fourth-order valence-electron chi connectivity index (χ4n) is 3.13. The number of aryl methyl sites for hydroxylation is 1. The molecular weight excluding hydrogens is 258 g/mol. The summed E-state index contributed by atoms with van der Waals surface area (Å²) in [5.74, 6) is 0.726. The normalized spacial score (nSPS) is 21.0. The Kier molecular flexibility index (Phi) is 5.51. The smallest absolute Gasteiger partial charge is 0.0411 e. The largest absolute Gasteiger partial charge is 0.377 e. The van der Waals surface area contributed by atoms with Gasteiger partial charge in [0, 0.05) is 44.6 Å². The Morgan fingerprint density at radius 2 is 2.14 bits per heavy atom. The zero-order valence-corrected chi connectivity index (χ0v) is 14.3. The predicted octanol–water partition coefficient (Wildman–Crippen LogP) is 3.28. The highest BCUT2D eigenvalue weighted by Gasteiger charge is 2.22. The van der Waals surface area contributed by atoms with Crippen molar-refractivity contribution in [1.29, 1.82) is 0 Å². The number of nitrogens with zero attached hydrogens (tertiary/aromatic N) is 2. The number of benzene rings is 1. The van der Waals surface area contributed by atoms with Crippen LogP contribution in [0.5, 0.6) is 0 Å². The molecule has 0 aromatic heterocycles. The Bertz CT molecular complexity index is 456. The summed E-state index contributed by atoms with van der Waals surface area (Å²) in [5, 5.41) is 3.73. The van der Waals surface area contributed by atoms with E-state index < -0.39 is 0 Å². The first-order valence-electron chi connectivity index (χ1n) is 8.29. The van der Waals surface area contributed by atoms with Crippen molar-refractivity contribution in [3.63, 3.8) is 0 Å². The van der Waals surface area contributed by atoms with Gasteiger partial charge in [-0.1, -0.05) is 26.3 Å². The Morgan fingerprint density at radius 1 is 1.38 bits per heavy atom. The summed E-state index contributed by atoms with van der Waals surface area (Å²) in [5.41, 5.74) is 4.03. The van der Waals surface area contributed by atoms with Gasteiger partial charge in [-0.05, 0) is 43.5 Å². The van der Waals surface area contributed by atoms with Gasteiger partial charge in [0.25, 0.3) is 0 Å². The van der Waals surface area contributed by atoms with Crippen LogP contribution < -0.4 is 15.1 Å². The van der Waals surface area contributed by atoms with E-state index in [-0.39, 0.29) is 0 Å². The number of rotatable bonds is 4. The SMILES string of the molecule is CCC(C)C1CN(c2ccc(C)c(N(C)C)c2)CCCN1. The van der Waals surface area contributed by atoms with E-state index in [1.807, 2.05) is 0 Å². The van der Waals surface area contributed by atoms with Gasteiger partial charge >= 0.3 is 0 Å². The summed E-state index contributed by atoms with van der Waals surface area (Å²) >= 11 is 0. The van der Waals surface area contributed by atoms with Gasteiger partial charge in [-0.2, -0.15) is 0 Å². The molecule has 1 fully saturated rings. The maximum atomic E-state index is 3.73. The molecule has 0 saturated carbocycles. The van der Waals surface area contributed by atoms with Crippen molar-refractivity contribution in [1.82, 2.24) is 5.32 Å². The zero-order valence-electron chi connectivity index (χ0n) is 14.3. The van der Waals surface area contributed by atoms with Gasteiger partial charge in [0.15, 0.2) is 0 Å². The quantitative estimate of drug-likeness (QED) is 0.918. The van der Waals surface area contributed by atoms with Crippen LogP contribution in [-0.4, -0.2) is 39.8 Å². The van der Waals surface area contributed by atoms with Crippen LogP contribution in [0.1, 0.15) is 32.3 Å². The molecule has 1 N–H and O–H groups in total. The van der Waals surface area contributed by atoms with Gasteiger partial charge in [-0.15, -0.1) is 0 Å². The van der Waals surface area contributed by atoms with Crippen LogP contribution in [-0.2, 0) is 0 Å². The van der Waals surface area contributed by atoms with Gasteiger partial charge in [0.05, 0.1) is 0 Å². The first kappa shape index (κ1) is 16.2. The molecule has 2 rings (SSSR count). The summed E-state index contributed by atoms with van der Waals surface area (Å²) in [6.45, 7) is 10.2. The average Bonchev–Trinajstić information content (AvgIpc) is 2.72. The van der Waals surface area contributed by atoms with E-state index in [1.54, 1.807) is 0 Å². The van der Waals surface area contributed by atoms with Crippen molar-refractivity contribution < 1.29 is 0 Å². The molecule has 0 spiro atoms. The topological polar surface area (TPSA) is 18.5 Å². The molecule has 0 bridgehead atoms. The Morgan fingerprint density at radius 3 is 2.81 bits per heavy atom. The predicted molar refractivity (Wildman–Crippen MR) is 93.6 cm³/mol. The molecule has 118 valence electrons. The molecular formula is C18H31N3. The lowest BCUT2D eigenvalue weighted by molar-refractivity contribution is 0.384. The third kappa shape index (κ3) is 3.91. The Balaban J connectivity index is 2.21. The summed E-state index contributed by atoms with van der Waals surface area (Å²) in [6.07, 6.45) is 2.46. The second kappa shape index (κ2) is 7.17. The molecule has 3 nitrogen and oxygen atoms in total. The molecule has 21 heavy (non-hydrogen) atoms. The minimum absolute atomic E-state index is 0.599. The van der Waals surface area contributed by atoms with Crippen LogP contribution >= 0.6 is 0 Å². The van der Waals surface area contributed by atoms with E-state index >= 15 is 0 Å². The minimum atomic E-state index is 0.599. The van der Waals surface area contributed by atoms with Crippen molar-refractivity contribution in [2.24, 2.45) is 5.92 Å². The molecule has 0 radical (unpaired) electrons. The highest BCUT2D eigenvalue weighted by Crippen LogP contribution is 2.26. The third-order valence-corrected chi connectivity index (χ3v) is 4.80. The van der Waals surface area contributed by atoms with Crippen LogP contribution in [0.3, 0.4) is 0 Å². The minimum Gasteiger partial charge on any atom is -0.377 e. The number of nitrogens with one attached hydrogen (secondary N) is 1. The number of hydrogen-bond donors (Lipinski definition) is 1. The first-order valence-corrected chi connectivity index (χ1v) is 8.29. The molecule has 1 aliphatic heterocycles. The second-order valence-electron chi connectivity index (χ2n) is 6.61. The van der Waals surface area contributed by atoms with E-state index in [0.29, 0.717) is 6.04 Å². The Labute approximate surface area is 130 Å². The molecule has 1 aromatic rings. The van der Waals surface area contributed by atoms with Gasteiger partial charge in [-0.25, -0.2) is 0 Å². The van der Waals surface area contributed by atoms with E-state index in [0.717, 1.165) is 25.6 Å². The first-order chi connectivity index (χ1) is 10.0. The van der Waals surface area contributed by atoms with Crippen molar-refractivity contribution in [2.75, 3.05) is 43.5 Å². The number of anilines is 2. The van der Waals surface area contributed by atoms with Crippen LogP contribution in [0, 0.1) is 12.8 Å². The van der Waals surface area contributed by atoms with Crippen LogP contribution in [0.25, 0.3) is 0 Å². The van der Waals surface area contributed by atoms with Crippen LogP contribution in [0.15, 0.2) is 18.2 Å². The summed E-state index contributed by atoms with van der Waals surface area (Å²) < 4.78 is 0. The molecule has 1 heterocycles. The lowest BCUT2D eigenvalue weighted by atomic mass is 9.98. The summed E-state index contributed by atoms with van der Waals surface area (Å²) in [6, 6.07) is 7.47. The van der Waals surface area contributed by atoms with E-state index in [9.17, 15) is 0 Å². The van der Waals surface area contributed by atoms with Gasteiger partial charge < -0.3 is 15.1 Å². The van der Waals surface area contributed by atoms with E-state index in [4.69, 9.17) is 0 Å². The molecule has 2 unspecified atom stereocenters. The van der Waals surface area contributed by atoms with E-state index in [1.165, 1.54) is 29.8 Å². The lowest BCUT2D eigenvalue weighted by Crippen LogP contribution is -2.42. The van der Waals surface area contributed by atoms with Crippen molar-refractivity contribution in [2.45, 2.75) is 39.7 Å². The van der Waals surface area contributed by atoms with Crippen LogP contribution in [0.4, 0.5) is 11.4 Å². The van der Waals surface area contributed by atoms with Crippen molar-refractivity contribution in [3.05, 3.63) is 23.8 Å². The molecule has 1 aliphatic rings. The van der Waals surface area contributed by atoms with Crippen molar-refractivity contribution in [3.8, 4) is 0 Å². The summed E-state index contributed by atoms with van der Waals surface area (Å²) in [4.78, 5) is 4.77. The molecule has 0 amide bonds. The maximum absolute atomic E-state index is 3.73. The summed E-state index contributed by atoms with van der Waals surface area (Å²) in [7, 11) is 4.25. The standard InChI is InChI=1S/C18H31N3/c1-6-14(2)17-13-21(11-7-10-19-17)16-9-8-15(3)18(12-16)20(4)5/h8-9,12,14,17,19H,6-7,10-11,13H2,1-5H3. The third-order valence-electron chi connectivity index (χ3n) is 4.80. The lowest BCUT2D eigenvalue weighted by Gasteiger charge is -2.30. The van der Waals surface area contributed by atoms with E-state index in [2.05, 4.69) is 68.2 Å². The highest BCUT2D eigenvalue weighted by molar-refractivity contribution is 5.63. The monoisotopic (exact) mass is 289 g/mol.